The first-order valence-electron chi connectivity index (χ1n) is 6.52. The Kier molecular flexibility index (Phi) is 5.26. The molecule has 0 radical (unpaired) electrons. The topological polar surface area (TPSA) is 78.2 Å². The fourth-order valence-electron chi connectivity index (χ4n) is 1.93. The zero-order valence-corrected chi connectivity index (χ0v) is 13.5. The van der Waals surface area contributed by atoms with Crippen LogP contribution in [0.25, 0.3) is 0 Å². The smallest absolute Gasteiger partial charge is 0.338 e. The molecule has 0 atom stereocenters. The number of hydrogen-bond acceptors (Lipinski definition) is 4. The van der Waals surface area contributed by atoms with Crippen LogP contribution in [0, 0.1) is 10.1 Å². The number of hydrogen-bond donors (Lipinski definition) is 0. The van der Waals surface area contributed by atoms with Crippen LogP contribution in [0.3, 0.4) is 0 Å². The van der Waals surface area contributed by atoms with Gasteiger partial charge >= 0.3 is 5.97 Å². The zero-order valence-electron chi connectivity index (χ0n) is 11.9. The highest BCUT2D eigenvalue weighted by Gasteiger charge is 2.17. The molecule has 2 rings (SSSR count). The van der Waals surface area contributed by atoms with Gasteiger partial charge in [-0.25, -0.2) is 13.9 Å². The highest BCUT2D eigenvalue weighted by molar-refractivity contribution is 9.08. The predicted octanol–water partition coefficient (Wildman–Crippen LogP) is 1.97. The number of ether oxygens (including phenoxy) is 1. The molecule has 1 aromatic heterocycles. The molecule has 0 spiro atoms. The molecule has 22 heavy (non-hydrogen) atoms. The minimum Gasteiger partial charge on any atom is -0.458 e. The number of imidazole rings is 1. The van der Waals surface area contributed by atoms with Crippen molar-refractivity contribution in [2.45, 2.75) is 11.9 Å². The summed E-state index contributed by atoms with van der Waals surface area (Å²) in [6.45, 7) is 0.718. The quantitative estimate of drug-likeness (QED) is 0.256. The first-order chi connectivity index (χ1) is 10.5. The van der Waals surface area contributed by atoms with Gasteiger partial charge in [-0.15, -0.1) is 0 Å². The summed E-state index contributed by atoms with van der Waals surface area (Å²) < 4.78 is 8.90. The second-order valence-electron chi connectivity index (χ2n) is 4.69. The minimum absolute atomic E-state index is 0.0937. The standard InChI is InChI=1S/C14H15BrN3O4/c1-16-4-5-17(10-16)6-7-22-14(19)11-2-3-12(9-15)13(8-11)18(20)21/h2-5,8,10H,6-7,9H2,1H3/q+1. The molecule has 1 aromatic carbocycles. The van der Waals surface area contributed by atoms with E-state index in [0.717, 1.165) is 0 Å². The van der Waals surface area contributed by atoms with Crippen molar-refractivity contribution in [1.82, 2.24) is 4.57 Å². The summed E-state index contributed by atoms with van der Waals surface area (Å²) in [4.78, 5) is 22.4. The normalized spacial score (nSPS) is 10.5. The van der Waals surface area contributed by atoms with E-state index in [1.165, 1.54) is 12.1 Å². The van der Waals surface area contributed by atoms with E-state index in [0.29, 0.717) is 17.4 Å². The van der Waals surface area contributed by atoms with Gasteiger partial charge in [0.05, 0.1) is 17.5 Å². The van der Waals surface area contributed by atoms with Crippen LogP contribution in [0.4, 0.5) is 5.69 Å². The van der Waals surface area contributed by atoms with E-state index in [1.807, 2.05) is 34.9 Å². The van der Waals surface area contributed by atoms with Crippen LogP contribution in [0.2, 0.25) is 0 Å². The van der Waals surface area contributed by atoms with E-state index in [4.69, 9.17) is 4.74 Å². The zero-order chi connectivity index (χ0) is 16.1. The second-order valence-corrected chi connectivity index (χ2v) is 5.25. The van der Waals surface area contributed by atoms with Gasteiger partial charge in [0, 0.05) is 17.0 Å². The summed E-state index contributed by atoms with van der Waals surface area (Å²) in [5, 5.41) is 11.3. The first kappa shape index (κ1) is 16.2. The fourth-order valence-corrected chi connectivity index (χ4v) is 2.41. The highest BCUT2D eigenvalue weighted by atomic mass is 79.9. The maximum atomic E-state index is 11.9. The van der Waals surface area contributed by atoms with Crippen molar-refractivity contribution in [1.29, 1.82) is 0 Å². The van der Waals surface area contributed by atoms with Gasteiger partial charge in [-0.2, -0.15) is 0 Å². The molecule has 0 saturated carbocycles. The van der Waals surface area contributed by atoms with E-state index in [-0.39, 0.29) is 17.9 Å². The van der Waals surface area contributed by atoms with Gasteiger partial charge in [0.25, 0.3) is 5.69 Å². The fraction of sp³-hybridized carbons (Fsp3) is 0.286. The van der Waals surface area contributed by atoms with Crippen LogP contribution in [0.15, 0.2) is 36.9 Å². The van der Waals surface area contributed by atoms with E-state index >= 15 is 0 Å². The Labute approximate surface area is 135 Å². The highest BCUT2D eigenvalue weighted by Crippen LogP contribution is 2.23. The summed E-state index contributed by atoms with van der Waals surface area (Å²) in [5.74, 6) is -0.569. The molecule has 0 aliphatic carbocycles. The summed E-state index contributed by atoms with van der Waals surface area (Å²) in [7, 11) is 1.90. The minimum atomic E-state index is -0.569. The Hall–Kier alpha value is -2.22. The van der Waals surface area contributed by atoms with E-state index in [1.54, 1.807) is 6.07 Å². The predicted molar refractivity (Wildman–Crippen MR) is 81.6 cm³/mol. The van der Waals surface area contributed by atoms with Gasteiger partial charge in [0.15, 0.2) is 0 Å². The van der Waals surface area contributed by atoms with Crippen LogP contribution >= 0.6 is 15.9 Å². The number of carbonyl (C=O) groups is 1. The number of nitro groups is 1. The lowest BCUT2D eigenvalue weighted by Crippen LogP contribution is -2.24. The Balaban J connectivity index is 2.00. The van der Waals surface area contributed by atoms with Crippen molar-refractivity contribution >= 4 is 27.6 Å². The first-order valence-corrected chi connectivity index (χ1v) is 7.65. The monoisotopic (exact) mass is 368 g/mol. The van der Waals surface area contributed by atoms with Crippen molar-refractivity contribution in [2.24, 2.45) is 7.05 Å². The van der Waals surface area contributed by atoms with Crippen molar-refractivity contribution in [2.75, 3.05) is 6.61 Å². The van der Waals surface area contributed by atoms with Crippen LogP contribution in [-0.4, -0.2) is 22.1 Å². The number of aromatic nitrogens is 2. The van der Waals surface area contributed by atoms with Crippen molar-refractivity contribution in [3.05, 3.63) is 58.2 Å². The largest absolute Gasteiger partial charge is 0.458 e. The molecule has 0 aliphatic heterocycles. The number of esters is 1. The Morgan fingerprint density at radius 3 is 2.86 bits per heavy atom. The Morgan fingerprint density at radius 2 is 2.27 bits per heavy atom. The van der Waals surface area contributed by atoms with Crippen LogP contribution in [0.5, 0.6) is 0 Å². The molecule has 0 saturated heterocycles. The maximum absolute atomic E-state index is 11.9. The van der Waals surface area contributed by atoms with Crippen molar-refractivity contribution < 1.29 is 19.0 Å². The molecule has 7 nitrogen and oxygen atoms in total. The molecule has 0 bridgehead atoms. The molecule has 0 N–H and O–H groups in total. The maximum Gasteiger partial charge on any atom is 0.338 e. The molecule has 116 valence electrons. The van der Waals surface area contributed by atoms with Gasteiger partial charge in [-0.3, -0.25) is 10.1 Å². The Bertz CT molecular complexity index is 699. The van der Waals surface area contributed by atoms with Gasteiger partial charge in [-0.05, 0) is 6.07 Å². The number of aryl methyl sites for hydroxylation is 1. The van der Waals surface area contributed by atoms with Crippen LogP contribution in [0.1, 0.15) is 15.9 Å². The van der Waals surface area contributed by atoms with Gasteiger partial charge in [0.1, 0.15) is 25.5 Å². The lowest BCUT2D eigenvalue weighted by molar-refractivity contribution is -0.671. The molecule has 8 heteroatoms. The third kappa shape index (κ3) is 3.91. The summed E-state index contributed by atoms with van der Waals surface area (Å²) in [6, 6.07) is 4.32. The molecular formula is C14H15BrN3O4+. The third-order valence-corrected chi connectivity index (χ3v) is 3.67. The number of carbonyl (C=O) groups excluding carboxylic acids is 1. The average molecular weight is 369 g/mol. The van der Waals surface area contributed by atoms with Gasteiger partial charge < -0.3 is 4.74 Å². The average Bonchev–Trinajstić information content (AvgIpc) is 2.91. The molecule has 0 unspecified atom stereocenters. The summed E-state index contributed by atoms with van der Waals surface area (Å²) in [6.07, 6.45) is 5.61. The second kappa shape index (κ2) is 7.17. The SMILES string of the molecule is C[n+]1ccn(CCOC(=O)c2ccc(CBr)c([N+](=O)[O-])c2)c1. The molecular weight excluding hydrogens is 354 g/mol. The van der Waals surface area contributed by atoms with Crippen molar-refractivity contribution in [3.8, 4) is 0 Å². The number of rotatable bonds is 6. The molecule has 0 aliphatic rings. The number of benzene rings is 1. The molecule has 0 amide bonds. The van der Waals surface area contributed by atoms with Gasteiger partial charge in [0.2, 0.25) is 6.33 Å². The number of alkyl halides is 1. The van der Waals surface area contributed by atoms with Crippen LogP contribution in [-0.2, 0) is 23.7 Å². The lowest BCUT2D eigenvalue weighted by atomic mass is 10.1. The van der Waals surface area contributed by atoms with Crippen molar-refractivity contribution in [3.63, 3.8) is 0 Å². The number of nitrogens with zero attached hydrogens (tertiary/aromatic N) is 3. The molecule has 0 fully saturated rings. The van der Waals surface area contributed by atoms with Crippen LogP contribution < -0.4 is 4.57 Å². The Morgan fingerprint density at radius 1 is 1.50 bits per heavy atom. The van der Waals surface area contributed by atoms with E-state index in [2.05, 4.69) is 15.9 Å². The third-order valence-electron chi connectivity index (χ3n) is 3.07. The molecule has 2 aromatic rings. The summed E-state index contributed by atoms with van der Waals surface area (Å²) in [5.41, 5.74) is 0.597. The van der Waals surface area contributed by atoms with Gasteiger partial charge in [-0.1, -0.05) is 22.0 Å². The number of halogens is 1. The lowest BCUT2D eigenvalue weighted by Gasteiger charge is -2.05. The van der Waals surface area contributed by atoms with E-state index in [9.17, 15) is 14.9 Å². The molecule has 1 heterocycles. The summed E-state index contributed by atoms with van der Waals surface area (Å²) >= 11 is 3.18. The van der Waals surface area contributed by atoms with E-state index < -0.39 is 10.9 Å². The number of nitro benzene ring substituents is 1.